The van der Waals surface area contributed by atoms with E-state index in [1.807, 2.05) is 24.3 Å². The van der Waals surface area contributed by atoms with Crippen LogP contribution in [0.15, 0.2) is 39.3 Å². The fraction of sp³-hybridized carbons (Fsp3) is 0. The predicted molar refractivity (Wildman–Crippen MR) is 58.2 cm³/mol. The second-order valence-electron chi connectivity index (χ2n) is 2.52. The fourth-order valence-corrected chi connectivity index (χ4v) is 1.96. The lowest BCUT2D eigenvalue weighted by Crippen LogP contribution is -1.74. The van der Waals surface area contributed by atoms with E-state index in [4.69, 9.17) is 0 Å². The molecule has 0 aliphatic rings. The first kappa shape index (κ1) is 8.27. The number of hydrogen-bond acceptors (Lipinski definition) is 0. The standard InChI is InChI=1S/C10H5Br2/c11-8-5-4-7-2-1-3-10(12)9(7)6-8/h1,3-6H. The molecular weight excluding hydrogens is 280 g/mol. The molecule has 12 heavy (non-hydrogen) atoms. The molecule has 1 radical (unpaired) electrons. The minimum Gasteiger partial charge on any atom is -0.0526 e. The van der Waals surface area contributed by atoms with Crippen LogP contribution in [0.25, 0.3) is 10.8 Å². The Morgan fingerprint density at radius 3 is 2.75 bits per heavy atom. The molecule has 2 rings (SSSR count). The average Bonchev–Trinajstić information content (AvgIpc) is 2.07. The number of benzene rings is 2. The van der Waals surface area contributed by atoms with Crippen LogP contribution in [0.3, 0.4) is 0 Å². The Kier molecular flexibility index (Phi) is 2.20. The van der Waals surface area contributed by atoms with Gasteiger partial charge in [-0.3, -0.25) is 0 Å². The van der Waals surface area contributed by atoms with Gasteiger partial charge in [0.2, 0.25) is 0 Å². The Morgan fingerprint density at radius 2 is 1.92 bits per heavy atom. The van der Waals surface area contributed by atoms with E-state index in [-0.39, 0.29) is 0 Å². The van der Waals surface area contributed by atoms with Crippen LogP contribution in [0, 0.1) is 6.07 Å². The SMILES string of the molecule is Brc1ccc2[c]ccc(Br)c2c1. The first-order chi connectivity index (χ1) is 5.77. The van der Waals surface area contributed by atoms with E-state index in [9.17, 15) is 0 Å². The zero-order valence-corrected chi connectivity index (χ0v) is 9.31. The molecule has 0 saturated carbocycles. The van der Waals surface area contributed by atoms with Gasteiger partial charge in [0.15, 0.2) is 0 Å². The second-order valence-corrected chi connectivity index (χ2v) is 4.29. The van der Waals surface area contributed by atoms with E-state index in [0.717, 1.165) is 14.3 Å². The summed E-state index contributed by atoms with van der Waals surface area (Å²) in [5.41, 5.74) is 0. The van der Waals surface area contributed by atoms with Crippen molar-refractivity contribution in [1.82, 2.24) is 0 Å². The highest BCUT2D eigenvalue weighted by Gasteiger charge is 1.97. The summed E-state index contributed by atoms with van der Waals surface area (Å²) in [6, 6.07) is 13.2. The second kappa shape index (κ2) is 3.19. The highest BCUT2D eigenvalue weighted by molar-refractivity contribution is 9.11. The first-order valence-corrected chi connectivity index (χ1v) is 5.11. The molecule has 0 fully saturated rings. The third kappa shape index (κ3) is 1.41. The molecule has 59 valence electrons. The van der Waals surface area contributed by atoms with Crippen LogP contribution in [0.5, 0.6) is 0 Å². The quantitative estimate of drug-likeness (QED) is 0.681. The van der Waals surface area contributed by atoms with Gasteiger partial charge in [0.1, 0.15) is 0 Å². The predicted octanol–water partition coefficient (Wildman–Crippen LogP) is 4.16. The maximum atomic E-state index is 3.49. The average molecular weight is 285 g/mol. The van der Waals surface area contributed by atoms with Crippen molar-refractivity contribution in [3.05, 3.63) is 45.3 Å². The summed E-state index contributed by atoms with van der Waals surface area (Å²) >= 11 is 6.92. The molecule has 0 nitrogen and oxygen atoms in total. The summed E-state index contributed by atoms with van der Waals surface area (Å²) in [5.74, 6) is 0. The summed E-state index contributed by atoms with van der Waals surface area (Å²) in [6.07, 6.45) is 0. The maximum absolute atomic E-state index is 3.49. The molecule has 2 heteroatoms. The molecule has 0 amide bonds. The van der Waals surface area contributed by atoms with Gasteiger partial charge in [-0.25, -0.2) is 0 Å². The van der Waals surface area contributed by atoms with Crippen molar-refractivity contribution in [3.8, 4) is 0 Å². The summed E-state index contributed by atoms with van der Waals surface area (Å²) in [5, 5.41) is 2.32. The van der Waals surface area contributed by atoms with Crippen LogP contribution in [-0.2, 0) is 0 Å². The molecular formula is C10H5Br2. The van der Waals surface area contributed by atoms with E-state index in [2.05, 4.69) is 44.0 Å². The van der Waals surface area contributed by atoms with Crippen molar-refractivity contribution >= 4 is 42.6 Å². The minimum absolute atomic E-state index is 1.09. The highest BCUT2D eigenvalue weighted by Crippen LogP contribution is 2.26. The number of halogens is 2. The van der Waals surface area contributed by atoms with Crippen molar-refractivity contribution in [1.29, 1.82) is 0 Å². The Balaban J connectivity index is 2.88. The van der Waals surface area contributed by atoms with E-state index < -0.39 is 0 Å². The van der Waals surface area contributed by atoms with E-state index in [0.29, 0.717) is 0 Å². The minimum atomic E-state index is 1.09. The lowest BCUT2D eigenvalue weighted by atomic mass is 10.1. The largest absolute Gasteiger partial charge is 0.0526 e. The zero-order chi connectivity index (χ0) is 8.55. The third-order valence-corrected chi connectivity index (χ3v) is 2.89. The van der Waals surface area contributed by atoms with E-state index in [1.165, 1.54) is 5.39 Å². The Hall–Kier alpha value is -0.340. The molecule has 0 N–H and O–H groups in total. The van der Waals surface area contributed by atoms with Crippen molar-refractivity contribution < 1.29 is 0 Å². The topological polar surface area (TPSA) is 0 Å². The van der Waals surface area contributed by atoms with Crippen molar-refractivity contribution in [2.75, 3.05) is 0 Å². The Bertz CT molecular complexity index is 421. The lowest BCUT2D eigenvalue weighted by Gasteiger charge is -1.99. The van der Waals surface area contributed by atoms with Crippen molar-refractivity contribution in [2.45, 2.75) is 0 Å². The molecule has 2 aromatic rings. The summed E-state index contributed by atoms with van der Waals surface area (Å²) in [6.45, 7) is 0. The van der Waals surface area contributed by atoms with Crippen LogP contribution in [-0.4, -0.2) is 0 Å². The van der Waals surface area contributed by atoms with Gasteiger partial charge >= 0.3 is 0 Å². The summed E-state index contributed by atoms with van der Waals surface area (Å²) in [4.78, 5) is 0. The molecule has 0 atom stereocenters. The van der Waals surface area contributed by atoms with Gasteiger partial charge in [-0.05, 0) is 35.0 Å². The summed E-state index contributed by atoms with van der Waals surface area (Å²) < 4.78 is 2.20. The van der Waals surface area contributed by atoms with Gasteiger partial charge in [-0.15, -0.1) is 0 Å². The fourth-order valence-electron chi connectivity index (χ4n) is 1.13. The third-order valence-electron chi connectivity index (χ3n) is 1.71. The number of rotatable bonds is 0. The molecule has 0 aliphatic heterocycles. The zero-order valence-electron chi connectivity index (χ0n) is 6.14. The van der Waals surface area contributed by atoms with E-state index >= 15 is 0 Å². The van der Waals surface area contributed by atoms with Crippen LogP contribution < -0.4 is 0 Å². The number of hydrogen-bond donors (Lipinski definition) is 0. The first-order valence-electron chi connectivity index (χ1n) is 3.53. The van der Waals surface area contributed by atoms with Gasteiger partial charge in [0.25, 0.3) is 0 Å². The molecule has 0 unspecified atom stereocenters. The normalized spacial score (nSPS) is 10.5. The van der Waals surface area contributed by atoms with Crippen LogP contribution >= 0.6 is 31.9 Å². The Morgan fingerprint density at radius 1 is 1.08 bits per heavy atom. The molecule has 2 aromatic carbocycles. The van der Waals surface area contributed by atoms with Gasteiger partial charge in [0, 0.05) is 8.95 Å². The van der Waals surface area contributed by atoms with Gasteiger partial charge in [0.05, 0.1) is 0 Å². The molecule has 0 aliphatic carbocycles. The van der Waals surface area contributed by atoms with E-state index in [1.54, 1.807) is 0 Å². The van der Waals surface area contributed by atoms with Crippen molar-refractivity contribution in [2.24, 2.45) is 0 Å². The molecule has 0 bridgehead atoms. The van der Waals surface area contributed by atoms with Gasteiger partial charge in [-0.2, -0.15) is 0 Å². The molecule has 0 aromatic heterocycles. The van der Waals surface area contributed by atoms with Crippen LogP contribution in [0.4, 0.5) is 0 Å². The maximum Gasteiger partial charge on any atom is 0.0254 e. The number of fused-ring (bicyclic) bond motifs is 1. The van der Waals surface area contributed by atoms with Gasteiger partial charge in [-0.1, -0.05) is 44.0 Å². The monoisotopic (exact) mass is 283 g/mol. The smallest absolute Gasteiger partial charge is 0.0254 e. The van der Waals surface area contributed by atoms with Crippen LogP contribution in [0.1, 0.15) is 0 Å². The van der Waals surface area contributed by atoms with Crippen molar-refractivity contribution in [3.63, 3.8) is 0 Å². The molecule has 0 heterocycles. The summed E-state index contributed by atoms with van der Waals surface area (Å²) in [7, 11) is 0. The molecule has 0 spiro atoms. The molecule has 0 saturated heterocycles. The lowest BCUT2D eigenvalue weighted by molar-refractivity contribution is 1.67. The Labute approximate surface area is 87.8 Å². The van der Waals surface area contributed by atoms with Crippen LogP contribution in [0.2, 0.25) is 0 Å². The van der Waals surface area contributed by atoms with Gasteiger partial charge < -0.3 is 0 Å². The highest BCUT2D eigenvalue weighted by atomic mass is 79.9.